The van der Waals surface area contributed by atoms with Crippen molar-refractivity contribution in [3.63, 3.8) is 0 Å². The fourth-order valence-corrected chi connectivity index (χ4v) is 6.08. The maximum atomic E-state index is 13.5. The Bertz CT molecular complexity index is 1510. The Kier molecular flexibility index (Phi) is 6.07. The van der Waals surface area contributed by atoms with Crippen LogP contribution in [0, 0.1) is 27.7 Å². The summed E-state index contributed by atoms with van der Waals surface area (Å²) in [6.45, 7) is 8.36. The summed E-state index contributed by atoms with van der Waals surface area (Å²) in [4.78, 5) is 20.1. The van der Waals surface area contributed by atoms with Crippen molar-refractivity contribution >= 4 is 43.8 Å². The van der Waals surface area contributed by atoms with Crippen LogP contribution in [0.4, 0.5) is 5.13 Å². The second-order valence-electron chi connectivity index (χ2n) is 8.75. The smallest absolute Gasteiger partial charge is 0.267 e. The number of aromatic nitrogens is 1. The van der Waals surface area contributed by atoms with Crippen molar-refractivity contribution in [3.8, 4) is 11.3 Å². The molecule has 0 atom stereocenters. The van der Waals surface area contributed by atoms with E-state index < -0.39 is 0 Å². The molecule has 1 amide bonds. The van der Waals surface area contributed by atoms with Crippen molar-refractivity contribution in [1.82, 2.24) is 4.98 Å². The van der Waals surface area contributed by atoms with Gasteiger partial charge in [-0.3, -0.25) is 10.1 Å². The van der Waals surface area contributed by atoms with Gasteiger partial charge in [0.1, 0.15) is 0 Å². The van der Waals surface area contributed by atoms with Crippen molar-refractivity contribution < 1.29 is 4.79 Å². The van der Waals surface area contributed by atoms with E-state index in [1.54, 1.807) is 11.3 Å². The molecule has 0 bridgehead atoms. The van der Waals surface area contributed by atoms with Crippen molar-refractivity contribution in [2.75, 3.05) is 5.32 Å². The van der Waals surface area contributed by atoms with Crippen LogP contribution < -0.4 is 5.32 Å². The number of anilines is 1. The molecule has 3 nitrogen and oxygen atoms in total. The second-order valence-corrected chi connectivity index (χ2v) is 11.0. The molecule has 34 heavy (non-hydrogen) atoms. The zero-order valence-corrected chi connectivity index (χ0v) is 21.4. The Labute approximate surface area is 208 Å². The molecule has 0 fully saturated rings. The molecule has 0 spiro atoms. The number of aryl methyl sites for hydroxylation is 4. The lowest BCUT2D eigenvalue weighted by Crippen LogP contribution is -2.12. The Balaban J connectivity index is 1.47. The van der Waals surface area contributed by atoms with Gasteiger partial charge in [0.15, 0.2) is 5.13 Å². The number of amides is 1. The van der Waals surface area contributed by atoms with Gasteiger partial charge < -0.3 is 0 Å². The van der Waals surface area contributed by atoms with E-state index in [9.17, 15) is 4.79 Å². The molecule has 0 aliphatic rings. The minimum absolute atomic E-state index is 0.0938. The molecule has 5 rings (SSSR count). The lowest BCUT2D eigenvalue weighted by Gasteiger charge is -2.06. The Morgan fingerprint density at radius 3 is 2.41 bits per heavy atom. The van der Waals surface area contributed by atoms with Crippen LogP contribution in [0.25, 0.3) is 21.3 Å². The van der Waals surface area contributed by atoms with Gasteiger partial charge in [-0.1, -0.05) is 60.2 Å². The fourth-order valence-electron chi connectivity index (χ4n) is 4.13. The molecule has 0 saturated carbocycles. The Morgan fingerprint density at radius 1 is 0.882 bits per heavy atom. The molecular formula is C29H26N2OS2. The van der Waals surface area contributed by atoms with Crippen LogP contribution >= 0.6 is 22.7 Å². The van der Waals surface area contributed by atoms with Gasteiger partial charge in [-0.2, -0.15) is 0 Å². The number of nitrogens with one attached hydrogen (secondary N) is 1. The van der Waals surface area contributed by atoms with E-state index >= 15 is 0 Å². The second kappa shape index (κ2) is 9.16. The van der Waals surface area contributed by atoms with Crippen LogP contribution in [0.3, 0.4) is 0 Å². The van der Waals surface area contributed by atoms with Crippen molar-refractivity contribution in [2.24, 2.45) is 0 Å². The number of hydrogen-bond acceptors (Lipinski definition) is 4. The van der Waals surface area contributed by atoms with E-state index in [-0.39, 0.29) is 5.91 Å². The van der Waals surface area contributed by atoms with E-state index in [4.69, 9.17) is 4.98 Å². The number of carbonyl (C=O) groups is 1. The average Bonchev–Trinajstić information content (AvgIpc) is 3.37. The maximum Gasteiger partial charge on any atom is 0.267 e. The number of benzene rings is 3. The van der Waals surface area contributed by atoms with E-state index in [2.05, 4.69) is 87.6 Å². The first-order valence-corrected chi connectivity index (χ1v) is 12.9. The Hall–Kier alpha value is -3.28. The highest BCUT2D eigenvalue weighted by Gasteiger charge is 2.20. The summed E-state index contributed by atoms with van der Waals surface area (Å²) < 4.78 is 1.13. The predicted molar refractivity (Wildman–Crippen MR) is 146 cm³/mol. The number of fused-ring (bicyclic) bond motifs is 1. The highest BCUT2D eigenvalue weighted by atomic mass is 32.1. The summed E-state index contributed by atoms with van der Waals surface area (Å²) in [5.74, 6) is -0.0938. The predicted octanol–water partition coefficient (Wildman–Crippen LogP) is 8.10. The van der Waals surface area contributed by atoms with Gasteiger partial charge in [-0.25, -0.2) is 4.98 Å². The molecule has 0 aliphatic carbocycles. The summed E-state index contributed by atoms with van der Waals surface area (Å²) in [5, 5.41) is 4.87. The third-order valence-corrected chi connectivity index (χ3v) is 8.30. The minimum Gasteiger partial charge on any atom is -0.297 e. The average molecular weight is 483 g/mol. The zero-order valence-electron chi connectivity index (χ0n) is 19.7. The lowest BCUT2D eigenvalue weighted by atomic mass is 10.0. The summed E-state index contributed by atoms with van der Waals surface area (Å²) >= 11 is 3.07. The standard InChI is InChI=1S/C29H26N2OS2/c1-17-9-12-21(13-10-17)16-24-23-7-5-6-8-25(23)34-27(24)28(32)31-29-30-26(20(4)33-29)22-14-11-18(2)19(3)15-22/h5-15H,16H2,1-4H3,(H,30,31,32). The monoisotopic (exact) mass is 482 g/mol. The SMILES string of the molecule is Cc1ccc(Cc2c(C(=O)Nc3nc(-c4ccc(C)c(C)c4)c(C)s3)sc3ccccc23)cc1. The summed E-state index contributed by atoms with van der Waals surface area (Å²) in [5.41, 5.74) is 8.02. The van der Waals surface area contributed by atoms with Crippen LogP contribution in [0.1, 0.15) is 42.4 Å². The van der Waals surface area contributed by atoms with E-state index in [0.29, 0.717) is 5.13 Å². The first-order valence-electron chi connectivity index (χ1n) is 11.3. The number of carbonyl (C=O) groups excluding carboxylic acids is 1. The number of rotatable bonds is 5. The van der Waals surface area contributed by atoms with E-state index in [0.717, 1.165) is 43.1 Å². The molecule has 0 radical (unpaired) electrons. The van der Waals surface area contributed by atoms with Gasteiger partial charge in [0.25, 0.3) is 5.91 Å². The van der Waals surface area contributed by atoms with Crippen LogP contribution in [-0.2, 0) is 6.42 Å². The maximum absolute atomic E-state index is 13.5. The van der Waals surface area contributed by atoms with Crippen LogP contribution in [0.15, 0.2) is 66.7 Å². The van der Waals surface area contributed by atoms with Crippen LogP contribution in [0.2, 0.25) is 0 Å². The molecule has 0 unspecified atom stereocenters. The number of nitrogens with zero attached hydrogens (tertiary/aromatic N) is 1. The van der Waals surface area contributed by atoms with Gasteiger partial charge >= 0.3 is 0 Å². The molecule has 5 heteroatoms. The quantitative estimate of drug-likeness (QED) is 0.275. The Morgan fingerprint density at radius 2 is 1.65 bits per heavy atom. The molecule has 2 heterocycles. The van der Waals surface area contributed by atoms with E-state index in [1.807, 2.05) is 12.1 Å². The molecular weight excluding hydrogens is 456 g/mol. The highest BCUT2D eigenvalue weighted by Crippen LogP contribution is 2.35. The van der Waals surface area contributed by atoms with Gasteiger partial charge in [-0.15, -0.1) is 22.7 Å². The molecule has 2 aromatic heterocycles. The van der Waals surface area contributed by atoms with Gasteiger partial charge in [0.2, 0.25) is 0 Å². The van der Waals surface area contributed by atoms with Crippen LogP contribution in [0.5, 0.6) is 0 Å². The fraction of sp³-hybridized carbons (Fsp3) is 0.172. The minimum atomic E-state index is -0.0938. The number of thiazole rings is 1. The zero-order chi connectivity index (χ0) is 23.8. The molecule has 5 aromatic rings. The van der Waals surface area contributed by atoms with Gasteiger partial charge in [0, 0.05) is 15.1 Å². The third kappa shape index (κ3) is 4.41. The largest absolute Gasteiger partial charge is 0.297 e. The van der Waals surface area contributed by atoms with Crippen molar-refractivity contribution in [3.05, 3.63) is 104 Å². The molecule has 0 saturated heterocycles. The van der Waals surface area contributed by atoms with Crippen molar-refractivity contribution in [2.45, 2.75) is 34.1 Å². The number of hydrogen-bond donors (Lipinski definition) is 1. The molecule has 3 aromatic carbocycles. The summed E-state index contributed by atoms with van der Waals surface area (Å²) in [6, 6.07) is 23.2. The third-order valence-electron chi connectivity index (χ3n) is 6.20. The summed E-state index contributed by atoms with van der Waals surface area (Å²) in [6.07, 6.45) is 0.720. The molecule has 1 N–H and O–H groups in total. The summed E-state index contributed by atoms with van der Waals surface area (Å²) in [7, 11) is 0. The number of thiophene rings is 1. The highest BCUT2D eigenvalue weighted by molar-refractivity contribution is 7.21. The first kappa shape index (κ1) is 22.5. The first-order chi connectivity index (χ1) is 16.4. The van der Waals surface area contributed by atoms with Crippen LogP contribution in [-0.4, -0.2) is 10.9 Å². The lowest BCUT2D eigenvalue weighted by molar-refractivity contribution is 0.103. The van der Waals surface area contributed by atoms with Gasteiger partial charge in [0.05, 0.1) is 10.6 Å². The van der Waals surface area contributed by atoms with Crippen molar-refractivity contribution in [1.29, 1.82) is 0 Å². The topological polar surface area (TPSA) is 42.0 Å². The molecule has 170 valence electrons. The van der Waals surface area contributed by atoms with Gasteiger partial charge in [-0.05, 0) is 73.9 Å². The normalized spacial score (nSPS) is 11.2. The molecule has 0 aliphatic heterocycles. The van der Waals surface area contributed by atoms with E-state index in [1.165, 1.54) is 33.6 Å².